The Morgan fingerprint density at radius 2 is 1.53 bits per heavy atom. The number of halogens is 5. The Morgan fingerprint density at radius 3 is 2.00 bits per heavy atom. The van der Waals surface area contributed by atoms with Crippen molar-refractivity contribution in [1.82, 2.24) is 14.8 Å². The fourth-order valence-electron chi connectivity index (χ4n) is 1.39. The molecule has 2 rings (SSSR count). The summed E-state index contributed by atoms with van der Waals surface area (Å²) in [5, 5.41) is 9.22. The predicted molar refractivity (Wildman–Crippen MR) is 54.6 cm³/mol. The van der Waals surface area contributed by atoms with Gasteiger partial charge >= 0.3 is 0 Å². The molecule has 19 heavy (non-hydrogen) atoms. The molecule has 0 aliphatic heterocycles. The highest BCUT2D eigenvalue weighted by atomic mass is 19.2. The van der Waals surface area contributed by atoms with Crippen molar-refractivity contribution in [3.8, 4) is 0 Å². The molecule has 102 valence electrons. The van der Waals surface area contributed by atoms with E-state index in [4.69, 9.17) is 0 Å². The first-order valence-electron chi connectivity index (χ1n) is 5.01. The molecule has 0 saturated carbocycles. The highest BCUT2D eigenvalue weighted by Gasteiger charge is 2.25. The zero-order valence-corrected chi connectivity index (χ0v) is 9.52. The number of rotatable bonds is 3. The molecule has 0 bridgehead atoms. The summed E-state index contributed by atoms with van der Waals surface area (Å²) in [6, 6.07) is 0. The molecule has 9 heteroatoms. The average molecular weight is 278 g/mol. The predicted octanol–water partition coefficient (Wildman–Crippen LogP) is 2.12. The van der Waals surface area contributed by atoms with E-state index < -0.39 is 34.8 Å². The van der Waals surface area contributed by atoms with Gasteiger partial charge in [-0.05, 0) is 0 Å². The summed E-state index contributed by atoms with van der Waals surface area (Å²) in [6.45, 7) is -0.241. The number of anilines is 1. The minimum atomic E-state index is -2.20. The van der Waals surface area contributed by atoms with Gasteiger partial charge in [0.2, 0.25) is 5.82 Å². The maximum absolute atomic E-state index is 13.3. The minimum absolute atomic E-state index is 0.241. The third-order valence-electron chi connectivity index (χ3n) is 2.44. The van der Waals surface area contributed by atoms with Crippen molar-refractivity contribution in [1.29, 1.82) is 0 Å². The Morgan fingerprint density at radius 1 is 1.00 bits per heavy atom. The Labute approximate surface area is 103 Å². The summed E-state index contributed by atoms with van der Waals surface area (Å²) in [7, 11) is 1.57. The highest BCUT2D eigenvalue weighted by molar-refractivity contribution is 5.47. The Balaban J connectivity index is 2.33. The Bertz CT molecular complexity index is 596. The van der Waals surface area contributed by atoms with Gasteiger partial charge in [-0.1, -0.05) is 0 Å². The molecule has 0 fully saturated rings. The summed E-state index contributed by atoms with van der Waals surface area (Å²) < 4.78 is 66.7. The minimum Gasteiger partial charge on any atom is -0.373 e. The first kappa shape index (κ1) is 13.2. The van der Waals surface area contributed by atoms with Crippen molar-refractivity contribution in [3.63, 3.8) is 0 Å². The topological polar surface area (TPSA) is 42.7 Å². The molecule has 0 amide bonds. The van der Waals surface area contributed by atoms with Crippen molar-refractivity contribution < 1.29 is 22.0 Å². The number of hydrogen-bond acceptors (Lipinski definition) is 3. The normalized spacial score (nSPS) is 10.8. The second-order valence-corrected chi connectivity index (χ2v) is 3.66. The number of benzene rings is 1. The number of aromatic nitrogens is 3. The molecule has 4 nitrogen and oxygen atoms in total. The maximum atomic E-state index is 13.3. The lowest BCUT2D eigenvalue weighted by atomic mass is 10.2. The lowest BCUT2D eigenvalue weighted by Crippen LogP contribution is -2.12. The first-order valence-corrected chi connectivity index (χ1v) is 5.01. The van der Waals surface area contributed by atoms with E-state index >= 15 is 0 Å². The molecule has 0 aliphatic carbocycles. The molecule has 0 atom stereocenters. The van der Waals surface area contributed by atoms with Crippen LogP contribution in [0.5, 0.6) is 0 Å². The van der Waals surface area contributed by atoms with E-state index in [1.54, 1.807) is 7.05 Å². The van der Waals surface area contributed by atoms with Crippen molar-refractivity contribution in [3.05, 3.63) is 41.2 Å². The molecule has 2 aromatic rings. The van der Waals surface area contributed by atoms with Gasteiger partial charge in [-0.15, -0.1) is 10.2 Å². The van der Waals surface area contributed by atoms with E-state index in [0.717, 1.165) is 0 Å². The summed E-state index contributed by atoms with van der Waals surface area (Å²) in [5.41, 5.74) is -1.10. The molecule has 0 saturated heterocycles. The zero-order chi connectivity index (χ0) is 14.2. The molecule has 0 spiro atoms. The van der Waals surface area contributed by atoms with Gasteiger partial charge in [0.15, 0.2) is 29.1 Å². The number of nitrogens with zero attached hydrogens (tertiary/aromatic N) is 3. The molecular weight excluding hydrogens is 271 g/mol. The standard InChI is InChI=1S/C10H7F5N4/c1-19-3-17-18-4(19)2-16-10-8(14)6(12)5(11)7(13)9(10)15/h3,16H,2H2,1H3. The molecule has 0 radical (unpaired) electrons. The van der Waals surface area contributed by atoms with Crippen LogP contribution < -0.4 is 5.32 Å². The van der Waals surface area contributed by atoms with Crippen molar-refractivity contribution in [2.75, 3.05) is 5.32 Å². The third kappa shape index (κ3) is 2.23. The fourth-order valence-corrected chi connectivity index (χ4v) is 1.39. The molecule has 1 aromatic carbocycles. The van der Waals surface area contributed by atoms with Crippen molar-refractivity contribution in [2.24, 2.45) is 7.05 Å². The van der Waals surface area contributed by atoms with Gasteiger partial charge in [0.05, 0.1) is 6.54 Å². The first-order chi connectivity index (χ1) is 8.93. The van der Waals surface area contributed by atoms with Gasteiger partial charge in [-0.25, -0.2) is 22.0 Å². The van der Waals surface area contributed by atoms with Crippen LogP contribution in [-0.4, -0.2) is 14.8 Å². The van der Waals surface area contributed by atoms with Gasteiger partial charge in [-0.2, -0.15) is 0 Å². The van der Waals surface area contributed by atoms with Gasteiger partial charge in [0.1, 0.15) is 12.0 Å². The van der Waals surface area contributed by atoms with Crippen LogP contribution in [0.1, 0.15) is 5.82 Å². The SMILES string of the molecule is Cn1cnnc1CNc1c(F)c(F)c(F)c(F)c1F. The molecule has 1 aromatic heterocycles. The van der Waals surface area contributed by atoms with Gasteiger partial charge in [0, 0.05) is 7.05 Å². The average Bonchev–Trinajstić information content (AvgIpc) is 2.80. The number of hydrogen-bond donors (Lipinski definition) is 1. The van der Waals surface area contributed by atoms with Gasteiger partial charge in [0.25, 0.3) is 0 Å². The van der Waals surface area contributed by atoms with Crippen LogP contribution in [0.15, 0.2) is 6.33 Å². The Kier molecular flexibility index (Phi) is 3.36. The fraction of sp³-hybridized carbons (Fsp3) is 0.200. The molecular formula is C10H7F5N4. The van der Waals surface area contributed by atoms with E-state index in [1.165, 1.54) is 10.9 Å². The largest absolute Gasteiger partial charge is 0.373 e. The lowest BCUT2D eigenvalue weighted by Gasteiger charge is -2.10. The summed E-state index contributed by atoms with van der Waals surface area (Å²) in [4.78, 5) is 0. The number of nitrogens with one attached hydrogen (secondary N) is 1. The second-order valence-electron chi connectivity index (χ2n) is 3.66. The lowest BCUT2D eigenvalue weighted by molar-refractivity contribution is 0.381. The summed E-state index contributed by atoms with van der Waals surface area (Å²) in [6.07, 6.45) is 1.33. The van der Waals surface area contributed by atoms with Crippen LogP contribution in [0, 0.1) is 29.1 Å². The van der Waals surface area contributed by atoms with E-state index in [1.807, 2.05) is 0 Å². The summed E-state index contributed by atoms with van der Waals surface area (Å²) >= 11 is 0. The van der Waals surface area contributed by atoms with Crippen molar-refractivity contribution >= 4 is 5.69 Å². The molecule has 1 N–H and O–H groups in total. The Hall–Kier alpha value is -2.19. The van der Waals surface area contributed by atoms with Crippen LogP contribution in [0.3, 0.4) is 0 Å². The van der Waals surface area contributed by atoms with Gasteiger partial charge in [-0.3, -0.25) is 0 Å². The maximum Gasteiger partial charge on any atom is 0.200 e. The van der Waals surface area contributed by atoms with Crippen LogP contribution in [0.2, 0.25) is 0 Å². The third-order valence-corrected chi connectivity index (χ3v) is 2.44. The second kappa shape index (κ2) is 4.82. The molecule has 0 aliphatic rings. The quantitative estimate of drug-likeness (QED) is 0.531. The van der Waals surface area contributed by atoms with Gasteiger partial charge < -0.3 is 9.88 Å². The monoisotopic (exact) mass is 278 g/mol. The van der Waals surface area contributed by atoms with Crippen LogP contribution in [0.4, 0.5) is 27.6 Å². The van der Waals surface area contributed by atoms with E-state index in [-0.39, 0.29) is 12.4 Å². The van der Waals surface area contributed by atoms with Crippen LogP contribution in [-0.2, 0) is 13.6 Å². The molecule has 0 unspecified atom stereocenters. The van der Waals surface area contributed by atoms with E-state index in [0.29, 0.717) is 0 Å². The smallest absolute Gasteiger partial charge is 0.200 e. The van der Waals surface area contributed by atoms with Crippen LogP contribution >= 0.6 is 0 Å². The highest BCUT2D eigenvalue weighted by Crippen LogP contribution is 2.27. The van der Waals surface area contributed by atoms with Crippen molar-refractivity contribution in [2.45, 2.75) is 6.54 Å². The molecule has 1 heterocycles. The zero-order valence-electron chi connectivity index (χ0n) is 9.52. The van der Waals surface area contributed by atoms with E-state index in [9.17, 15) is 22.0 Å². The summed E-state index contributed by atoms with van der Waals surface area (Å²) in [5.74, 6) is -9.76. The number of aryl methyl sites for hydroxylation is 1. The van der Waals surface area contributed by atoms with Crippen LogP contribution in [0.25, 0.3) is 0 Å². The van der Waals surface area contributed by atoms with E-state index in [2.05, 4.69) is 15.5 Å².